The summed E-state index contributed by atoms with van der Waals surface area (Å²) in [4.78, 5) is 19.0. The van der Waals surface area contributed by atoms with E-state index in [1.165, 1.54) is 18.4 Å². The molecule has 0 aliphatic carbocycles. The van der Waals surface area contributed by atoms with E-state index < -0.39 is 0 Å². The van der Waals surface area contributed by atoms with Crippen LogP contribution in [-0.4, -0.2) is 23.0 Å². The lowest BCUT2D eigenvalue weighted by atomic mass is 10.3. The molecule has 1 N–H and O–H groups in total. The molecule has 16 heavy (non-hydrogen) atoms. The number of hydrogen-bond donors (Lipinski definition) is 1. The molecular formula is C11H14N2O2S. The fraction of sp³-hybridized carbons (Fsp3) is 0.273. The van der Waals surface area contributed by atoms with Crippen LogP contribution in [0.2, 0.25) is 0 Å². The van der Waals surface area contributed by atoms with E-state index in [0.717, 1.165) is 10.6 Å². The minimum atomic E-state index is -0.313. The van der Waals surface area contributed by atoms with Crippen molar-refractivity contribution < 1.29 is 9.53 Å². The van der Waals surface area contributed by atoms with Crippen molar-refractivity contribution in [3.05, 3.63) is 29.5 Å². The number of carbonyl (C=O) groups excluding carboxylic acids is 1. The third-order valence-electron chi connectivity index (χ3n) is 1.78. The molecule has 0 amide bonds. The van der Waals surface area contributed by atoms with Crippen LogP contribution >= 0.6 is 11.3 Å². The smallest absolute Gasteiger partial charge is 0.338 e. The Hall–Kier alpha value is -1.62. The molecule has 0 saturated carbocycles. The summed E-state index contributed by atoms with van der Waals surface area (Å²) >= 11 is 1.48. The van der Waals surface area contributed by atoms with Crippen LogP contribution in [0.15, 0.2) is 24.0 Å². The first-order chi connectivity index (χ1) is 7.81. The molecule has 0 fully saturated rings. The Balaban J connectivity index is 0.000000606. The van der Waals surface area contributed by atoms with Crippen LogP contribution in [0.5, 0.6) is 0 Å². The normalized spacial score (nSPS) is 9.19. The molecule has 0 radical (unpaired) electrons. The van der Waals surface area contributed by atoms with Crippen LogP contribution in [0.25, 0.3) is 10.6 Å². The lowest BCUT2D eigenvalue weighted by molar-refractivity contribution is 0.0601. The van der Waals surface area contributed by atoms with Crippen molar-refractivity contribution in [2.45, 2.75) is 13.8 Å². The van der Waals surface area contributed by atoms with Gasteiger partial charge in [0.15, 0.2) is 0 Å². The molecule has 0 unspecified atom stereocenters. The van der Waals surface area contributed by atoms with Crippen LogP contribution in [0, 0.1) is 0 Å². The van der Waals surface area contributed by atoms with Gasteiger partial charge in [-0.15, -0.1) is 11.3 Å². The summed E-state index contributed by atoms with van der Waals surface area (Å²) in [5, 5.41) is 1.77. The number of rotatable bonds is 2. The van der Waals surface area contributed by atoms with Crippen LogP contribution < -0.4 is 0 Å². The van der Waals surface area contributed by atoms with Crippen molar-refractivity contribution in [3.8, 4) is 10.6 Å². The molecule has 2 rings (SSSR count). The number of esters is 1. The largest absolute Gasteiger partial charge is 0.465 e. The summed E-state index contributed by atoms with van der Waals surface area (Å²) in [6.45, 7) is 4.00. The maximum Gasteiger partial charge on any atom is 0.338 e. The Kier molecular flexibility index (Phi) is 4.72. The molecule has 0 spiro atoms. The number of imidazole rings is 1. The van der Waals surface area contributed by atoms with Gasteiger partial charge in [-0.25, -0.2) is 9.78 Å². The van der Waals surface area contributed by atoms with Crippen molar-refractivity contribution in [1.82, 2.24) is 9.97 Å². The van der Waals surface area contributed by atoms with Gasteiger partial charge in [0.2, 0.25) is 0 Å². The van der Waals surface area contributed by atoms with Gasteiger partial charge in [0, 0.05) is 5.38 Å². The van der Waals surface area contributed by atoms with Crippen LogP contribution in [0.1, 0.15) is 24.2 Å². The van der Waals surface area contributed by atoms with Gasteiger partial charge >= 0.3 is 5.97 Å². The van der Waals surface area contributed by atoms with Gasteiger partial charge in [-0.3, -0.25) is 0 Å². The number of H-pyrrole nitrogens is 1. The summed E-state index contributed by atoms with van der Waals surface area (Å²) in [5.41, 5.74) is 1.48. The molecule has 0 aliphatic heterocycles. The van der Waals surface area contributed by atoms with E-state index in [0.29, 0.717) is 5.56 Å². The second kappa shape index (κ2) is 6.07. The van der Waals surface area contributed by atoms with Crippen molar-refractivity contribution in [2.24, 2.45) is 0 Å². The quantitative estimate of drug-likeness (QED) is 0.818. The number of thiophene rings is 1. The first kappa shape index (κ1) is 12.4. The summed E-state index contributed by atoms with van der Waals surface area (Å²) in [5.74, 6) is -0.313. The lowest BCUT2D eigenvalue weighted by Crippen LogP contribution is -1.97. The summed E-state index contributed by atoms with van der Waals surface area (Å²) in [6.07, 6.45) is 3.32. The van der Waals surface area contributed by atoms with Gasteiger partial charge in [-0.2, -0.15) is 0 Å². The monoisotopic (exact) mass is 238 g/mol. The summed E-state index contributed by atoms with van der Waals surface area (Å²) in [7, 11) is 1.37. The fourth-order valence-electron chi connectivity index (χ4n) is 1.09. The minimum absolute atomic E-state index is 0.313. The third-order valence-corrected chi connectivity index (χ3v) is 2.75. The number of aromatic amines is 1. The maximum atomic E-state index is 11.2. The van der Waals surface area contributed by atoms with Gasteiger partial charge in [-0.1, -0.05) is 13.8 Å². The molecule has 2 heterocycles. The highest BCUT2D eigenvalue weighted by molar-refractivity contribution is 7.13. The zero-order valence-corrected chi connectivity index (χ0v) is 10.3. The van der Waals surface area contributed by atoms with E-state index in [1.54, 1.807) is 24.0 Å². The van der Waals surface area contributed by atoms with Gasteiger partial charge in [-0.05, 0) is 6.07 Å². The summed E-state index contributed by atoms with van der Waals surface area (Å²) in [6, 6.07) is 1.78. The van der Waals surface area contributed by atoms with E-state index in [-0.39, 0.29) is 5.97 Å². The molecule has 0 bridgehead atoms. The highest BCUT2D eigenvalue weighted by atomic mass is 32.1. The molecule has 0 saturated heterocycles. The number of carbonyl (C=O) groups is 1. The fourth-order valence-corrected chi connectivity index (χ4v) is 1.94. The van der Waals surface area contributed by atoms with Crippen LogP contribution in [-0.2, 0) is 4.74 Å². The van der Waals surface area contributed by atoms with Gasteiger partial charge in [0.05, 0.1) is 35.8 Å². The molecule has 0 atom stereocenters. The number of methoxy groups -OCH3 is 1. The van der Waals surface area contributed by atoms with Crippen LogP contribution in [0.3, 0.4) is 0 Å². The number of hydrogen-bond acceptors (Lipinski definition) is 4. The predicted molar refractivity (Wildman–Crippen MR) is 64.6 cm³/mol. The molecule has 2 aromatic rings. The van der Waals surface area contributed by atoms with E-state index in [1.807, 2.05) is 13.8 Å². The van der Waals surface area contributed by atoms with Gasteiger partial charge < -0.3 is 9.72 Å². The van der Waals surface area contributed by atoms with E-state index >= 15 is 0 Å². The second-order valence-electron chi connectivity index (χ2n) is 2.66. The lowest BCUT2D eigenvalue weighted by Gasteiger charge is -1.92. The van der Waals surface area contributed by atoms with Crippen molar-refractivity contribution in [2.75, 3.05) is 7.11 Å². The standard InChI is InChI=1S/C9H8N2O2S.C2H6/c1-13-9(12)6-2-8(14-4-6)7-3-10-5-11-7;1-2/h2-5H,1H3,(H,10,11);1-2H3. The van der Waals surface area contributed by atoms with Crippen LogP contribution in [0.4, 0.5) is 0 Å². The zero-order chi connectivity index (χ0) is 12.0. The Morgan fingerprint density at radius 1 is 1.50 bits per heavy atom. The van der Waals surface area contributed by atoms with Gasteiger partial charge in [0.1, 0.15) is 0 Å². The predicted octanol–water partition coefficient (Wildman–Crippen LogP) is 2.95. The number of nitrogens with zero attached hydrogens (tertiary/aromatic N) is 1. The van der Waals surface area contributed by atoms with E-state index in [2.05, 4.69) is 14.7 Å². The van der Waals surface area contributed by atoms with Crippen molar-refractivity contribution >= 4 is 17.3 Å². The Morgan fingerprint density at radius 2 is 2.25 bits per heavy atom. The molecular weight excluding hydrogens is 224 g/mol. The Labute approximate surface area is 98.3 Å². The maximum absolute atomic E-state index is 11.2. The average molecular weight is 238 g/mol. The average Bonchev–Trinajstić information content (AvgIpc) is 3.00. The van der Waals surface area contributed by atoms with E-state index in [9.17, 15) is 4.79 Å². The topological polar surface area (TPSA) is 55.0 Å². The number of nitrogens with one attached hydrogen (secondary N) is 1. The molecule has 0 aromatic carbocycles. The molecule has 4 nitrogen and oxygen atoms in total. The molecule has 86 valence electrons. The second-order valence-corrected chi connectivity index (χ2v) is 3.57. The molecule has 5 heteroatoms. The Morgan fingerprint density at radius 3 is 2.81 bits per heavy atom. The first-order valence-electron chi connectivity index (χ1n) is 4.97. The number of ether oxygens (including phenoxy) is 1. The zero-order valence-electron chi connectivity index (χ0n) is 9.48. The first-order valence-corrected chi connectivity index (χ1v) is 5.85. The third kappa shape index (κ3) is 2.70. The highest BCUT2D eigenvalue weighted by Crippen LogP contribution is 2.25. The van der Waals surface area contributed by atoms with Crippen molar-refractivity contribution in [1.29, 1.82) is 0 Å². The SMILES string of the molecule is CC.COC(=O)c1csc(-c2cnc[nH]2)c1. The number of aromatic nitrogens is 2. The van der Waals surface area contributed by atoms with Crippen molar-refractivity contribution in [3.63, 3.8) is 0 Å². The highest BCUT2D eigenvalue weighted by Gasteiger charge is 2.09. The Bertz CT molecular complexity index is 435. The molecule has 0 aliphatic rings. The van der Waals surface area contributed by atoms with E-state index in [4.69, 9.17) is 0 Å². The molecule has 2 aromatic heterocycles. The summed E-state index contributed by atoms with van der Waals surface area (Å²) < 4.78 is 4.61. The minimum Gasteiger partial charge on any atom is -0.465 e. The van der Waals surface area contributed by atoms with Gasteiger partial charge in [0.25, 0.3) is 0 Å².